The Morgan fingerprint density at radius 2 is 2.00 bits per heavy atom. The number of fused-ring (bicyclic) bond motifs is 3. The van der Waals surface area contributed by atoms with E-state index in [4.69, 9.17) is 0 Å². The molecular weight excluding hydrogens is 156 g/mol. The third-order valence-corrected chi connectivity index (χ3v) is 2.61. The number of rotatable bonds is 0. The van der Waals surface area contributed by atoms with E-state index >= 15 is 0 Å². The fourth-order valence-electron chi connectivity index (χ4n) is 1.98. The van der Waals surface area contributed by atoms with Crippen LogP contribution in [-0.4, -0.2) is 34.9 Å². The van der Waals surface area contributed by atoms with Gasteiger partial charge in [0.05, 0.1) is 0 Å². The third kappa shape index (κ3) is 0.948. The van der Waals surface area contributed by atoms with Gasteiger partial charge >= 0.3 is 0 Å². The average Bonchev–Trinajstić information content (AvgIpc) is 2.05. The number of carbonyl (C=O) groups excluding carboxylic acids is 2. The molecule has 0 atom stereocenters. The van der Waals surface area contributed by atoms with Crippen molar-refractivity contribution in [2.75, 3.05) is 13.1 Å². The highest BCUT2D eigenvalue weighted by Crippen LogP contribution is 2.27. The van der Waals surface area contributed by atoms with Crippen molar-refractivity contribution in [2.24, 2.45) is 5.92 Å². The van der Waals surface area contributed by atoms with E-state index in [-0.39, 0.29) is 17.7 Å². The Balaban J connectivity index is 2.24. The highest BCUT2D eigenvalue weighted by molar-refractivity contribution is 5.95. The maximum absolute atomic E-state index is 11.5. The van der Waals surface area contributed by atoms with Gasteiger partial charge in [0, 0.05) is 25.9 Å². The first-order chi connectivity index (χ1) is 5.70. The molecule has 3 rings (SSSR count). The second-order valence-electron chi connectivity index (χ2n) is 3.40. The van der Waals surface area contributed by atoms with E-state index in [0.717, 1.165) is 25.9 Å². The molecule has 0 spiro atoms. The number of nitrogens with zero attached hydrogens (tertiary/aromatic N) is 2. The number of piperidine rings is 1. The zero-order valence-electron chi connectivity index (χ0n) is 7.12. The van der Waals surface area contributed by atoms with E-state index in [1.54, 1.807) is 0 Å². The van der Waals surface area contributed by atoms with Gasteiger partial charge in [-0.2, -0.15) is 0 Å². The molecule has 0 unspecified atom stereocenters. The minimum absolute atomic E-state index is 0.000000000000000444. The number of hydrogen-bond acceptors (Lipinski definition) is 3. The highest BCUT2D eigenvalue weighted by Gasteiger charge is 2.40. The summed E-state index contributed by atoms with van der Waals surface area (Å²) in [5, 5.41) is 3.16. The van der Waals surface area contributed by atoms with Gasteiger partial charge in [-0.05, 0) is 12.8 Å². The number of carbonyl (C=O) groups is 2. The van der Waals surface area contributed by atoms with E-state index in [1.807, 2.05) is 5.01 Å². The largest absolute Gasteiger partial charge is 0.273 e. The summed E-state index contributed by atoms with van der Waals surface area (Å²) in [6.07, 6.45) is 1.84. The van der Waals surface area contributed by atoms with E-state index in [0.29, 0.717) is 0 Å². The van der Waals surface area contributed by atoms with Gasteiger partial charge in [-0.25, -0.2) is 10.0 Å². The predicted octanol–water partition coefficient (Wildman–Crippen LogP) is 0.00210. The molecule has 0 aliphatic carbocycles. The Kier molecular flexibility index (Phi) is 1.65. The molecule has 4 heteroatoms. The summed E-state index contributed by atoms with van der Waals surface area (Å²) < 4.78 is 0. The van der Waals surface area contributed by atoms with Crippen molar-refractivity contribution in [1.29, 1.82) is 0 Å². The zero-order chi connectivity index (χ0) is 8.72. The van der Waals surface area contributed by atoms with Crippen LogP contribution in [0.2, 0.25) is 0 Å². The molecular formula is C8H12N2O2. The Morgan fingerprint density at radius 3 is 2.33 bits per heavy atom. The fourth-order valence-corrected chi connectivity index (χ4v) is 1.98. The van der Waals surface area contributed by atoms with Crippen LogP contribution in [0.4, 0.5) is 0 Å². The van der Waals surface area contributed by atoms with E-state index in [2.05, 4.69) is 0 Å². The second-order valence-corrected chi connectivity index (χ2v) is 3.40. The summed E-state index contributed by atoms with van der Waals surface area (Å²) in [6.45, 7) is 3.16. The Bertz CT molecular complexity index is 231. The van der Waals surface area contributed by atoms with Crippen LogP contribution in [0, 0.1) is 5.92 Å². The van der Waals surface area contributed by atoms with Gasteiger partial charge in [0.1, 0.15) is 0 Å². The van der Waals surface area contributed by atoms with Crippen LogP contribution in [0.15, 0.2) is 0 Å². The molecule has 66 valence electrons. The SMILES string of the molecule is CC(=O)N1C(=O)C2CCN1CC2. The molecule has 0 aromatic carbocycles. The molecule has 0 aromatic heterocycles. The van der Waals surface area contributed by atoms with Gasteiger partial charge in [0.15, 0.2) is 0 Å². The molecule has 4 nitrogen and oxygen atoms in total. The standard InChI is InChI=1S/C8H12N2O2/c1-6(11)10-8(12)7-2-4-9(10)5-3-7/h7H,2-5H2,1H3. The van der Waals surface area contributed by atoms with Gasteiger partial charge in [0.25, 0.3) is 0 Å². The summed E-state index contributed by atoms with van der Waals surface area (Å²) in [5.74, 6) is -0.0386. The molecule has 0 saturated carbocycles. The first-order valence-corrected chi connectivity index (χ1v) is 4.29. The fraction of sp³-hybridized carbons (Fsp3) is 0.750. The molecule has 3 aliphatic heterocycles. The number of amides is 2. The predicted molar refractivity (Wildman–Crippen MR) is 41.8 cm³/mol. The quantitative estimate of drug-likeness (QED) is 0.511. The molecule has 12 heavy (non-hydrogen) atoms. The average molecular weight is 168 g/mol. The molecule has 0 radical (unpaired) electrons. The Hall–Kier alpha value is -0.900. The van der Waals surface area contributed by atoms with Crippen LogP contribution in [0.5, 0.6) is 0 Å². The molecule has 0 aromatic rings. The maximum Gasteiger partial charge on any atom is 0.247 e. The molecule has 3 aliphatic rings. The van der Waals surface area contributed by atoms with E-state index < -0.39 is 0 Å². The monoisotopic (exact) mass is 168 g/mol. The van der Waals surface area contributed by atoms with Gasteiger partial charge in [-0.3, -0.25) is 9.59 Å². The normalized spacial score (nSPS) is 34.1. The molecule has 3 saturated heterocycles. The van der Waals surface area contributed by atoms with E-state index in [9.17, 15) is 9.59 Å². The van der Waals surface area contributed by atoms with Crippen LogP contribution >= 0.6 is 0 Å². The summed E-state index contributed by atoms with van der Waals surface area (Å²) in [4.78, 5) is 22.6. The van der Waals surface area contributed by atoms with Crippen molar-refractivity contribution < 1.29 is 9.59 Å². The molecule has 0 N–H and O–H groups in total. The highest BCUT2D eigenvalue weighted by atomic mass is 16.2. The summed E-state index contributed by atoms with van der Waals surface area (Å²) >= 11 is 0. The lowest BCUT2D eigenvalue weighted by atomic mass is 9.93. The minimum Gasteiger partial charge on any atom is -0.273 e. The van der Waals surface area contributed by atoms with Crippen LogP contribution in [0.1, 0.15) is 19.8 Å². The first-order valence-electron chi connectivity index (χ1n) is 4.29. The molecule has 3 heterocycles. The van der Waals surface area contributed by atoms with Crippen LogP contribution in [0.25, 0.3) is 0 Å². The summed E-state index contributed by atoms with van der Waals surface area (Å²) in [5.41, 5.74) is 0. The number of hydrogen-bond donors (Lipinski definition) is 0. The lowest BCUT2D eigenvalue weighted by molar-refractivity contribution is -0.181. The molecule has 2 amide bonds. The third-order valence-electron chi connectivity index (χ3n) is 2.61. The van der Waals surface area contributed by atoms with Crippen molar-refractivity contribution in [3.05, 3.63) is 0 Å². The molecule has 3 fully saturated rings. The topological polar surface area (TPSA) is 40.6 Å². The first kappa shape index (κ1) is 7.73. The smallest absolute Gasteiger partial charge is 0.247 e. The van der Waals surface area contributed by atoms with E-state index in [1.165, 1.54) is 11.9 Å². The van der Waals surface area contributed by atoms with Crippen LogP contribution < -0.4 is 0 Å². The van der Waals surface area contributed by atoms with Crippen molar-refractivity contribution >= 4 is 11.8 Å². The number of imide groups is 1. The van der Waals surface area contributed by atoms with Gasteiger partial charge in [-0.15, -0.1) is 0 Å². The minimum atomic E-state index is -0.149. The van der Waals surface area contributed by atoms with Crippen LogP contribution in [-0.2, 0) is 9.59 Å². The van der Waals surface area contributed by atoms with Crippen molar-refractivity contribution in [2.45, 2.75) is 19.8 Å². The van der Waals surface area contributed by atoms with Crippen molar-refractivity contribution in [3.63, 3.8) is 0 Å². The number of hydrazine groups is 1. The Morgan fingerprint density at radius 1 is 1.42 bits per heavy atom. The molecule has 2 bridgehead atoms. The maximum atomic E-state index is 11.5. The second kappa shape index (κ2) is 2.55. The van der Waals surface area contributed by atoms with Crippen LogP contribution in [0.3, 0.4) is 0 Å². The zero-order valence-corrected chi connectivity index (χ0v) is 7.12. The summed E-state index contributed by atoms with van der Waals surface area (Å²) in [7, 11) is 0. The lowest BCUT2D eigenvalue weighted by Crippen LogP contribution is -2.60. The van der Waals surface area contributed by atoms with Gasteiger partial charge in [0.2, 0.25) is 11.8 Å². The van der Waals surface area contributed by atoms with Gasteiger partial charge < -0.3 is 0 Å². The van der Waals surface area contributed by atoms with Crippen molar-refractivity contribution in [3.8, 4) is 0 Å². The van der Waals surface area contributed by atoms with Gasteiger partial charge in [-0.1, -0.05) is 0 Å². The van der Waals surface area contributed by atoms with Crippen molar-refractivity contribution in [1.82, 2.24) is 10.0 Å². The Labute approximate surface area is 71.1 Å². The lowest BCUT2D eigenvalue weighted by Gasteiger charge is -2.44. The summed E-state index contributed by atoms with van der Waals surface area (Å²) in [6, 6.07) is 0.